The first-order valence-corrected chi connectivity index (χ1v) is 6.49. The first kappa shape index (κ1) is 13.7. The van der Waals surface area contributed by atoms with Crippen molar-refractivity contribution in [2.75, 3.05) is 0 Å². The Labute approximate surface area is 125 Å². The minimum absolute atomic E-state index is 0.0488. The van der Waals surface area contributed by atoms with Crippen molar-refractivity contribution in [3.63, 3.8) is 0 Å². The molecule has 1 aromatic carbocycles. The van der Waals surface area contributed by atoms with Crippen molar-refractivity contribution < 1.29 is 14.7 Å². The van der Waals surface area contributed by atoms with E-state index in [1.165, 1.54) is 6.20 Å². The van der Waals surface area contributed by atoms with Gasteiger partial charge in [0, 0.05) is 23.5 Å². The van der Waals surface area contributed by atoms with Gasteiger partial charge in [0.05, 0.1) is 17.4 Å². The summed E-state index contributed by atoms with van der Waals surface area (Å²) < 4.78 is 0. The minimum Gasteiger partial charge on any atom is -0.506 e. The zero-order valence-corrected chi connectivity index (χ0v) is 11.4. The molecule has 0 fully saturated rings. The summed E-state index contributed by atoms with van der Waals surface area (Å²) in [6.07, 6.45) is 4.10. The molecule has 1 amide bonds. The predicted molar refractivity (Wildman–Crippen MR) is 80.5 cm³/mol. The fourth-order valence-electron chi connectivity index (χ4n) is 2.12. The fourth-order valence-corrected chi connectivity index (χ4v) is 2.12. The molecule has 0 aliphatic heterocycles. The van der Waals surface area contributed by atoms with Crippen molar-refractivity contribution in [1.29, 1.82) is 0 Å². The molecule has 2 aromatic rings. The summed E-state index contributed by atoms with van der Waals surface area (Å²) in [7, 11) is 0. The summed E-state index contributed by atoms with van der Waals surface area (Å²) in [6.45, 7) is 0. The van der Waals surface area contributed by atoms with Gasteiger partial charge in [-0.05, 0) is 12.1 Å². The second kappa shape index (κ2) is 5.61. The number of nitrogens with zero attached hydrogens (tertiary/aromatic N) is 2. The average Bonchev–Trinajstić information content (AvgIpc) is 2.81. The smallest absolute Gasteiger partial charge is 0.272 e. The van der Waals surface area contributed by atoms with Gasteiger partial charge in [-0.3, -0.25) is 14.6 Å². The van der Waals surface area contributed by atoms with Gasteiger partial charge in [-0.2, -0.15) is 5.10 Å². The number of hydrogen-bond acceptors (Lipinski definition) is 5. The van der Waals surface area contributed by atoms with E-state index >= 15 is 0 Å². The fraction of sp³-hybridized carbons (Fsp3) is 0. The Kier molecular flexibility index (Phi) is 3.49. The van der Waals surface area contributed by atoms with E-state index in [1.807, 2.05) is 0 Å². The third-order valence-corrected chi connectivity index (χ3v) is 3.21. The molecule has 0 saturated carbocycles. The summed E-state index contributed by atoms with van der Waals surface area (Å²) in [6, 6.07) is 9.94. The summed E-state index contributed by atoms with van der Waals surface area (Å²) >= 11 is 0. The number of carbonyl (C=O) groups is 2. The highest BCUT2D eigenvalue weighted by Crippen LogP contribution is 2.29. The molecule has 6 heteroatoms. The number of hydrogen-bond donors (Lipinski definition) is 2. The molecule has 108 valence electrons. The van der Waals surface area contributed by atoms with Gasteiger partial charge in [0.15, 0.2) is 5.78 Å². The highest BCUT2D eigenvalue weighted by atomic mass is 16.3. The third-order valence-electron chi connectivity index (χ3n) is 3.21. The number of aliphatic hydroxyl groups is 1. The van der Waals surface area contributed by atoms with Gasteiger partial charge in [0.25, 0.3) is 5.91 Å². The highest BCUT2D eigenvalue weighted by molar-refractivity contribution is 6.30. The van der Waals surface area contributed by atoms with Crippen molar-refractivity contribution in [2.45, 2.75) is 0 Å². The van der Waals surface area contributed by atoms with Gasteiger partial charge in [-0.25, -0.2) is 5.43 Å². The number of allylic oxidation sites excluding steroid dienone is 1. The van der Waals surface area contributed by atoms with Crippen LogP contribution in [0.4, 0.5) is 0 Å². The number of Topliss-reactive ketones (excluding diaryl/α,β-unsaturated/α-hetero) is 1. The molecular weight excluding hydrogens is 282 g/mol. The Morgan fingerprint density at radius 2 is 1.95 bits per heavy atom. The SMILES string of the molecule is O=C(NN=CC1=C(O)c2ccccc2C1=O)c1cccnc1. The molecule has 0 atom stereocenters. The lowest BCUT2D eigenvalue weighted by Crippen LogP contribution is -2.18. The molecule has 1 aromatic heterocycles. The average molecular weight is 293 g/mol. The van der Waals surface area contributed by atoms with Crippen molar-refractivity contribution in [3.05, 3.63) is 71.1 Å². The summed E-state index contributed by atoms with van der Waals surface area (Å²) in [4.78, 5) is 27.7. The number of fused-ring (bicyclic) bond motifs is 1. The summed E-state index contributed by atoms with van der Waals surface area (Å²) in [5.74, 6) is -0.917. The Balaban J connectivity index is 1.76. The third kappa shape index (κ3) is 2.37. The quantitative estimate of drug-likeness (QED) is 0.668. The molecule has 0 saturated heterocycles. The topological polar surface area (TPSA) is 91.6 Å². The van der Waals surface area contributed by atoms with Crippen LogP contribution in [0.1, 0.15) is 26.3 Å². The molecule has 3 rings (SSSR count). The lowest BCUT2D eigenvalue weighted by Gasteiger charge is -1.98. The van der Waals surface area contributed by atoms with Crippen LogP contribution in [0.2, 0.25) is 0 Å². The number of pyridine rings is 1. The van der Waals surface area contributed by atoms with E-state index < -0.39 is 5.91 Å². The van der Waals surface area contributed by atoms with E-state index in [9.17, 15) is 14.7 Å². The van der Waals surface area contributed by atoms with Gasteiger partial charge in [-0.1, -0.05) is 24.3 Å². The van der Waals surface area contributed by atoms with Crippen LogP contribution in [-0.2, 0) is 0 Å². The zero-order chi connectivity index (χ0) is 15.5. The second-order valence-corrected chi connectivity index (χ2v) is 4.58. The highest BCUT2D eigenvalue weighted by Gasteiger charge is 2.27. The van der Waals surface area contributed by atoms with E-state index in [0.717, 1.165) is 6.21 Å². The van der Waals surface area contributed by atoms with Crippen molar-refractivity contribution in [3.8, 4) is 0 Å². The standard InChI is InChI=1S/C16H11N3O3/c20-14-11-5-1-2-6-12(11)15(21)13(14)9-18-19-16(22)10-4-3-7-17-8-10/h1-9,20H,(H,19,22). The molecule has 1 heterocycles. The molecular formula is C16H11N3O3. The Morgan fingerprint density at radius 1 is 1.18 bits per heavy atom. The van der Waals surface area contributed by atoms with Crippen LogP contribution >= 0.6 is 0 Å². The molecule has 0 bridgehead atoms. The number of benzene rings is 1. The van der Waals surface area contributed by atoms with Crippen LogP contribution in [0.3, 0.4) is 0 Å². The van der Waals surface area contributed by atoms with E-state index in [2.05, 4.69) is 15.5 Å². The monoisotopic (exact) mass is 293 g/mol. The molecule has 1 aliphatic rings. The molecule has 6 nitrogen and oxygen atoms in total. The number of rotatable bonds is 3. The van der Waals surface area contributed by atoms with Crippen LogP contribution in [0.25, 0.3) is 5.76 Å². The first-order valence-electron chi connectivity index (χ1n) is 6.49. The van der Waals surface area contributed by atoms with Crippen molar-refractivity contribution >= 4 is 23.7 Å². The number of hydrazone groups is 1. The number of aliphatic hydroxyl groups excluding tert-OH is 1. The number of ketones is 1. The van der Waals surface area contributed by atoms with Crippen LogP contribution in [0.5, 0.6) is 0 Å². The molecule has 0 radical (unpaired) electrons. The molecule has 22 heavy (non-hydrogen) atoms. The van der Waals surface area contributed by atoms with Gasteiger partial charge in [0.2, 0.25) is 0 Å². The molecule has 0 spiro atoms. The van der Waals surface area contributed by atoms with E-state index in [0.29, 0.717) is 16.7 Å². The lowest BCUT2D eigenvalue weighted by molar-refractivity contribution is 0.0953. The Morgan fingerprint density at radius 3 is 2.64 bits per heavy atom. The predicted octanol–water partition coefficient (Wildman–Crippen LogP) is 1.96. The first-order chi connectivity index (χ1) is 10.7. The second-order valence-electron chi connectivity index (χ2n) is 4.58. The Hall–Kier alpha value is -3.28. The number of amides is 1. The maximum Gasteiger partial charge on any atom is 0.272 e. The molecule has 1 aliphatic carbocycles. The van der Waals surface area contributed by atoms with E-state index in [1.54, 1.807) is 42.6 Å². The van der Waals surface area contributed by atoms with E-state index in [4.69, 9.17) is 0 Å². The van der Waals surface area contributed by atoms with Crippen LogP contribution < -0.4 is 5.43 Å². The summed E-state index contributed by atoms with van der Waals surface area (Å²) in [5.41, 5.74) is 3.56. The van der Waals surface area contributed by atoms with Gasteiger partial charge < -0.3 is 5.11 Å². The number of nitrogens with one attached hydrogen (secondary N) is 1. The van der Waals surface area contributed by atoms with Gasteiger partial charge in [0.1, 0.15) is 5.76 Å². The van der Waals surface area contributed by atoms with Gasteiger partial charge in [-0.15, -0.1) is 0 Å². The molecule has 2 N–H and O–H groups in total. The lowest BCUT2D eigenvalue weighted by atomic mass is 10.1. The molecule has 0 unspecified atom stereocenters. The van der Waals surface area contributed by atoms with Crippen LogP contribution in [0, 0.1) is 0 Å². The van der Waals surface area contributed by atoms with Crippen molar-refractivity contribution in [1.82, 2.24) is 10.4 Å². The maximum atomic E-state index is 12.1. The van der Waals surface area contributed by atoms with Crippen molar-refractivity contribution in [2.24, 2.45) is 5.10 Å². The zero-order valence-electron chi connectivity index (χ0n) is 11.4. The minimum atomic E-state index is -0.451. The van der Waals surface area contributed by atoms with Crippen LogP contribution in [0.15, 0.2) is 59.5 Å². The normalized spacial score (nSPS) is 13.5. The maximum absolute atomic E-state index is 12.1. The van der Waals surface area contributed by atoms with Gasteiger partial charge >= 0.3 is 0 Å². The number of aromatic nitrogens is 1. The largest absolute Gasteiger partial charge is 0.506 e. The van der Waals surface area contributed by atoms with E-state index in [-0.39, 0.29) is 17.1 Å². The summed E-state index contributed by atoms with van der Waals surface area (Å²) in [5, 5.41) is 13.8. The Bertz CT molecular complexity index is 810. The van der Waals surface area contributed by atoms with Crippen LogP contribution in [-0.4, -0.2) is 28.0 Å². The number of carbonyl (C=O) groups excluding carboxylic acids is 2.